The first-order valence-corrected chi connectivity index (χ1v) is 15.0. The summed E-state index contributed by atoms with van der Waals surface area (Å²) in [4.78, 5) is 6.89. The molecule has 12 heteroatoms. The molecule has 0 saturated carbocycles. The Morgan fingerprint density at radius 2 is 1.75 bits per heavy atom. The van der Waals surface area contributed by atoms with Crippen molar-refractivity contribution in [2.24, 2.45) is 5.92 Å². The van der Waals surface area contributed by atoms with Gasteiger partial charge in [0.15, 0.2) is 0 Å². The Kier molecular flexibility index (Phi) is 7.54. The maximum absolute atomic E-state index is 13.9. The highest BCUT2D eigenvalue weighted by molar-refractivity contribution is 6.36. The number of hydrogen-bond donors (Lipinski definition) is 2. The highest BCUT2D eigenvalue weighted by Crippen LogP contribution is 2.38. The van der Waals surface area contributed by atoms with Gasteiger partial charge in [-0.3, -0.25) is 4.98 Å². The monoisotopic (exact) mass is 630 g/mol. The van der Waals surface area contributed by atoms with Crippen LogP contribution in [0.4, 0.5) is 25.8 Å². The van der Waals surface area contributed by atoms with Crippen LogP contribution in [0.25, 0.3) is 10.9 Å². The van der Waals surface area contributed by atoms with Gasteiger partial charge in [-0.05, 0) is 79.9 Å². The van der Waals surface area contributed by atoms with Gasteiger partial charge >= 0.3 is 0 Å². The largest absolute Gasteiger partial charge is 0.373 e. The zero-order valence-electron chi connectivity index (χ0n) is 23.3. The number of piperidine rings is 3. The van der Waals surface area contributed by atoms with Crippen LogP contribution in [-0.2, 0) is 0 Å². The van der Waals surface area contributed by atoms with Crippen LogP contribution in [0.3, 0.4) is 0 Å². The molecular weight excluding hydrogens is 605 g/mol. The van der Waals surface area contributed by atoms with Gasteiger partial charge in [0.1, 0.15) is 23.4 Å². The van der Waals surface area contributed by atoms with Gasteiger partial charge in [0.2, 0.25) is 0 Å². The lowest BCUT2D eigenvalue weighted by Gasteiger charge is -2.44. The third-order valence-corrected chi connectivity index (χ3v) is 9.11. The fourth-order valence-corrected chi connectivity index (χ4v) is 6.70. The molecule has 3 aromatic carbocycles. The maximum Gasteiger partial charge on any atom is 0.141 e. The molecule has 0 aliphatic carbocycles. The number of fused-ring (bicyclic) bond motifs is 4. The van der Waals surface area contributed by atoms with Gasteiger partial charge in [0.05, 0.1) is 45.1 Å². The summed E-state index contributed by atoms with van der Waals surface area (Å²) in [5, 5.41) is 26.6. The molecule has 5 heterocycles. The summed E-state index contributed by atoms with van der Waals surface area (Å²) < 4.78 is 29.7. The highest BCUT2D eigenvalue weighted by atomic mass is 35.5. The van der Waals surface area contributed by atoms with E-state index in [1.807, 2.05) is 16.9 Å². The molecule has 222 valence electrons. The van der Waals surface area contributed by atoms with Crippen LogP contribution >= 0.6 is 23.2 Å². The minimum Gasteiger partial charge on any atom is -0.373 e. The van der Waals surface area contributed by atoms with Crippen molar-refractivity contribution >= 4 is 51.2 Å². The highest BCUT2D eigenvalue weighted by Gasteiger charge is 2.36. The van der Waals surface area contributed by atoms with Gasteiger partial charge in [-0.2, -0.15) is 5.26 Å². The zero-order chi connectivity index (χ0) is 30.4. The molecule has 8 rings (SSSR count). The standard InChI is InChI=1S/C32H26Cl2F2N8/c33-25-12-22(5-6-27(25)36)39-30-20(14-37)15-38-32-24(30)11-23(13-26(32)34)40-31(19-1-3-21(35)4-2-19)28-16-44(42-41-28)29-17-43-9-7-18(29)8-10-43/h1-6,11-13,15-16,18,29,31,40H,7-10,17H2,(H,38,39). The molecule has 3 fully saturated rings. The molecule has 2 atom stereocenters. The van der Waals surface area contributed by atoms with Crippen molar-refractivity contribution in [3.8, 4) is 6.07 Å². The first-order valence-electron chi connectivity index (χ1n) is 14.3. The van der Waals surface area contributed by atoms with Crippen LogP contribution in [0, 0.1) is 28.9 Å². The molecule has 44 heavy (non-hydrogen) atoms. The van der Waals surface area contributed by atoms with E-state index in [1.54, 1.807) is 18.2 Å². The number of halogens is 4. The van der Waals surface area contributed by atoms with Crippen molar-refractivity contribution in [3.05, 3.63) is 105 Å². The maximum atomic E-state index is 13.9. The molecule has 3 saturated heterocycles. The zero-order valence-corrected chi connectivity index (χ0v) is 24.8. The Balaban J connectivity index is 1.28. The summed E-state index contributed by atoms with van der Waals surface area (Å²) in [5.74, 6) is -0.331. The number of aromatic nitrogens is 4. The average molecular weight is 632 g/mol. The van der Waals surface area contributed by atoms with Crippen molar-refractivity contribution in [3.63, 3.8) is 0 Å². The molecule has 5 aromatic rings. The number of nitriles is 1. The SMILES string of the molecule is N#Cc1cnc2c(Cl)cc(NC(c3ccc(F)cc3)c3cn(C4CN5CCC4CC5)nn3)cc2c1Nc1ccc(F)c(Cl)c1. The van der Waals surface area contributed by atoms with Crippen LogP contribution in [0.1, 0.15) is 41.7 Å². The summed E-state index contributed by atoms with van der Waals surface area (Å²) in [6.07, 6.45) is 5.70. The Labute approximate surface area is 262 Å². The van der Waals surface area contributed by atoms with Crippen LogP contribution in [0.15, 0.2) is 67.0 Å². The number of nitrogens with zero attached hydrogens (tertiary/aromatic N) is 6. The number of hydrogen-bond acceptors (Lipinski definition) is 7. The molecule has 2 aromatic heterocycles. The molecular formula is C32H26Cl2F2N8. The van der Waals surface area contributed by atoms with E-state index in [0.29, 0.717) is 44.6 Å². The van der Waals surface area contributed by atoms with E-state index < -0.39 is 11.9 Å². The molecule has 2 N–H and O–H groups in total. The second-order valence-corrected chi connectivity index (χ2v) is 12.0. The van der Waals surface area contributed by atoms with E-state index in [-0.39, 0.29) is 22.4 Å². The van der Waals surface area contributed by atoms with Crippen LogP contribution < -0.4 is 10.6 Å². The Morgan fingerprint density at radius 1 is 0.977 bits per heavy atom. The number of rotatable bonds is 7. The molecule has 0 radical (unpaired) electrons. The fraction of sp³-hybridized carbons (Fsp3) is 0.250. The van der Waals surface area contributed by atoms with Crippen LogP contribution in [0.5, 0.6) is 0 Å². The van der Waals surface area contributed by atoms with E-state index in [9.17, 15) is 14.0 Å². The lowest BCUT2D eigenvalue weighted by Crippen LogP contribution is -2.48. The third-order valence-electron chi connectivity index (χ3n) is 8.53. The molecule has 0 spiro atoms. The van der Waals surface area contributed by atoms with Crippen molar-refractivity contribution in [1.82, 2.24) is 24.9 Å². The first-order chi connectivity index (χ1) is 21.4. The van der Waals surface area contributed by atoms with E-state index >= 15 is 0 Å². The summed E-state index contributed by atoms with van der Waals surface area (Å²) >= 11 is 12.8. The van der Waals surface area contributed by atoms with Crippen molar-refractivity contribution in [2.45, 2.75) is 24.9 Å². The lowest BCUT2D eigenvalue weighted by molar-refractivity contribution is 0.0503. The molecule has 8 nitrogen and oxygen atoms in total. The summed E-state index contributed by atoms with van der Waals surface area (Å²) in [6.45, 7) is 3.20. The van der Waals surface area contributed by atoms with Crippen molar-refractivity contribution < 1.29 is 8.78 Å². The smallest absolute Gasteiger partial charge is 0.141 e. The molecule has 2 unspecified atom stereocenters. The molecule has 2 bridgehead atoms. The summed E-state index contributed by atoms with van der Waals surface area (Å²) in [6, 6.07) is 16.0. The van der Waals surface area contributed by atoms with E-state index in [2.05, 4.69) is 36.9 Å². The molecule has 3 aliphatic rings. The number of nitrogens with one attached hydrogen (secondary N) is 2. The Bertz CT molecular complexity index is 1900. The number of pyridine rings is 1. The van der Waals surface area contributed by atoms with Crippen molar-refractivity contribution in [2.75, 3.05) is 30.3 Å². The minimum absolute atomic E-state index is 0.0549. The van der Waals surface area contributed by atoms with Gasteiger partial charge < -0.3 is 15.5 Å². The number of benzene rings is 3. The van der Waals surface area contributed by atoms with Crippen LogP contribution in [0.2, 0.25) is 10.0 Å². The molecule has 0 amide bonds. The number of anilines is 3. The third kappa shape index (κ3) is 5.43. The Morgan fingerprint density at radius 3 is 2.45 bits per heavy atom. The predicted molar refractivity (Wildman–Crippen MR) is 166 cm³/mol. The summed E-state index contributed by atoms with van der Waals surface area (Å²) in [7, 11) is 0. The fourth-order valence-electron chi connectivity index (χ4n) is 6.25. The van der Waals surface area contributed by atoms with Gasteiger partial charge in [0.25, 0.3) is 0 Å². The van der Waals surface area contributed by atoms with Crippen LogP contribution in [-0.4, -0.2) is 44.5 Å². The minimum atomic E-state index is -0.552. The van der Waals surface area contributed by atoms with E-state index in [1.165, 1.54) is 36.5 Å². The van der Waals surface area contributed by atoms with E-state index in [0.717, 1.165) is 38.0 Å². The van der Waals surface area contributed by atoms with E-state index in [4.69, 9.17) is 23.2 Å². The normalized spacial score (nSPS) is 19.9. The molecule has 3 aliphatic heterocycles. The second-order valence-electron chi connectivity index (χ2n) is 11.2. The predicted octanol–water partition coefficient (Wildman–Crippen LogP) is 7.49. The quantitative estimate of drug-likeness (QED) is 0.192. The topological polar surface area (TPSA) is 94.7 Å². The lowest BCUT2D eigenvalue weighted by atomic mass is 9.84. The average Bonchev–Trinajstić information content (AvgIpc) is 3.53. The Hall–Kier alpha value is -4.30. The second kappa shape index (κ2) is 11.7. The first kappa shape index (κ1) is 28.5. The van der Waals surface area contributed by atoms with Crippen molar-refractivity contribution in [1.29, 1.82) is 5.26 Å². The summed E-state index contributed by atoms with van der Waals surface area (Å²) in [5.41, 5.74) is 3.74. The van der Waals surface area contributed by atoms with Gasteiger partial charge in [-0.25, -0.2) is 13.5 Å². The van der Waals surface area contributed by atoms with Gasteiger partial charge in [-0.15, -0.1) is 5.10 Å². The van der Waals surface area contributed by atoms with Gasteiger partial charge in [-0.1, -0.05) is 40.5 Å². The van der Waals surface area contributed by atoms with Gasteiger partial charge in [0, 0.05) is 29.5 Å².